The second kappa shape index (κ2) is 7.76. The second-order valence-corrected chi connectivity index (χ2v) is 8.42. The van der Waals surface area contributed by atoms with E-state index in [1.165, 1.54) is 18.2 Å². The Morgan fingerprint density at radius 3 is 2.45 bits per heavy atom. The minimum absolute atomic E-state index is 0.0206. The zero-order valence-electron chi connectivity index (χ0n) is 17.3. The first kappa shape index (κ1) is 20.4. The van der Waals surface area contributed by atoms with Crippen LogP contribution in [-0.2, 0) is 0 Å². The smallest absolute Gasteiger partial charge is 0.339 e. The maximum Gasteiger partial charge on any atom is 0.339 e. The lowest BCUT2D eigenvalue weighted by atomic mass is 9.78. The van der Waals surface area contributed by atoms with Crippen LogP contribution in [0, 0.1) is 5.41 Å². The number of rotatable bonds is 4. The first-order valence-corrected chi connectivity index (χ1v) is 10.0. The van der Waals surface area contributed by atoms with E-state index >= 15 is 0 Å². The Morgan fingerprint density at radius 1 is 1.00 bits per heavy atom. The van der Waals surface area contributed by atoms with Crippen LogP contribution in [0.2, 0.25) is 0 Å². The number of allylic oxidation sites excluding steroid dienone is 4. The Kier molecular flexibility index (Phi) is 5.11. The fourth-order valence-corrected chi connectivity index (χ4v) is 4.00. The summed E-state index contributed by atoms with van der Waals surface area (Å²) in [7, 11) is 0. The van der Waals surface area contributed by atoms with E-state index in [0.29, 0.717) is 11.3 Å². The number of hydrogen-bond donors (Lipinski definition) is 3. The van der Waals surface area contributed by atoms with E-state index < -0.39 is 11.7 Å². The van der Waals surface area contributed by atoms with Crippen molar-refractivity contribution < 1.29 is 19.8 Å². The summed E-state index contributed by atoms with van der Waals surface area (Å²) in [6, 6.07) is 15.7. The van der Waals surface area contributed by atoms with Gasteiger partial charge in [-0.15, -0.1) is 0 Å². The maximum absolute atomic E-state index is 13.3. The van der Waals surface area contributed by atoms with Gasteiger partial charge in [0.25, 0.3) is 5.91 Å². The molecule has 0 radical (unpaired) electrons. The Labute approximate surface area is 180 Å². The zero-order valence-corrected chi connectivity index (χ0v) is 17.3. The molecule has 3 N–H and O–H groups in total. The summed E-state index contributed by atoms with van der Waals surface area (Å²) in [5.74, 6) is -1.95. The van der Waals surface area contributed by atoms with Crippen molar-refractivity contribution in [3.63, 3.8) is 0 Å². The van der Waals surface area contributed by atoms with Gasteiger partial charge in [0.2, 0.25) is 0 Å². The van der Waals surface area contributed by atoms with Gasteiger partial charge in [-0.1, -0.05) is 62.4 Å². The standard InChI is InChI=1S/C26H23NO4/c1-26(2)13-5-7-17(15-26)23-19-8-4-3-6-16(19)9-11-21(23)24(29)27-18-10-12-20(25(30)31)22(28)14-18/h3-14,28H,15H2,1-2H3,(H,27,29)(H,30,31). The number of aromatic carboxylic acids is 1. The molecule has 5 heteroatoms. The lowest BCUT2D eigenvalue weighted by Crippen LogP contribution is -2.17. The number of carbonyl (C=O) groups excluding carboxylic acids is 1. The molecule has 5 nitrogen and oxygen atoms in total. The summed E-state index contributed by atoms with van der Waals surface area (Å²) in [5, 5.41) is 23.9. The summed E-state index contributed by atoms with van der Waals surface area (Å²) < 4.78 is 0. The number of benzene rings is 3. The van der Waals surface area contributed by atoms with Crippen LogP contribution in [0.1, 0.15) is 46.5 Å². The third kappa shape index (κ3) is 4.08. The normalized spacial score (nSPS) is 14.8. The molecule has 0 bridgehead atoms. The topological polar surface area (TPSA) is 86.6 Å². The van der Waals surface area contributed by atoms with Crippen molar-refractivity contribution in [2.45, 2.75) is 20.3 Å². The molecular formula is C26H23NO4. The van der Waals surface area contributed by atoms with Crippen LogP contribution in [0.5, 0.6) is 5.75 Å². The van der Waals surface area contributed by atoms with Gasteiger partial charge in [0.15, 0.2) is 0 Å². The molecule has 156 valence electrons. The highest BCUT2D eigenvalue weighted by Gasteiger charge is 2.24. The highest BCUT2D eigenvalue weighted by atomic mass is 16.4. The van der Waals surface area contributed by atoms with Gasteiger partial charge >= 0.3 is 5.97 Å². The number of carboxylic acids is 1. The number of amides is 1. The molecule has 0 aromatic heterocycles. The van der Waals surface area contributed by atoms with Crippen LogP contribution in [-0.4, -0.2) is 22.1 Å². The summed E-state index contributed by atoms with van der Waals surface area (Å²) in [6.07, 6.45) is 7.04. The van der Waals surface area contributed by atoms with E-state index in [-0.39, 0.29) is 16.9 Å². The first-order chi connectivity index (χ1) is 14.7. The molecule has 0 atom stereocenters. The Bertz CT molecular complexity index is 1270. The number of anilines is 1. The van der Waals surface area contributed by atoms with Crippen molar-refractivity contribution in [1.29, 1.82) is 0 Å². The number of hydrogen-bond acceptors (Lipinski definition) is 3. The second-order valence-electron chi connectivity index (χ2n) is 8.42. The molecule has 1 aliphatic rings. The van der Waals surface area contributed by atoms with Crippen molar-refractivity contribution in [2.24, 2.45) is 5.41 Å². The van der Waals surface area contributed by atoms with Crippen LogP contribution < -0.4 is 5.32 Å². The quantitative estimate of drug-likeness (QED) is 0.500. The molecule has 3 aromatic carbocycles. The molecular weight excluding hydrogens is 390 g/mol. The lowest BCUT2D eigenvalue weighted by Gasteiger charge is -2.27. The van der Waals surface area contributed by atoms with Gasteiger partial charge in [-0.2, -0.15) is 0 Å². The van der Waals surface area contributed by atoms with Gasteiger partial charge in [-0.25, -0.2) is 4.79 Å². The predicted octanol–water partition coefficient (Wildman–Crippen LogP) is 5.87. The fraction of sp³-hybridized carbons (Fsp3) is 0.154. The molecule has 0 fully saturated rings. The third-order valence-electron chi connectivity index (χ3n) is 5.47. The molecule has 4 rings (SSSR count). The summed E-state index contributed by atoms with van der Waals surface area (Å²) >= 11 is 0. The molecule has 0 heterocycles. The molecule has 0 saturated heterocycles. The minimum Gasteiger partial charge on any atom is -0.507 e. The van der Waals surface area contributed by atoms with Crippen molar-refractivity contribution in [3.05, 3.63) is 89.5 Å². The molecule has 1 aliphatic carbocycles. The van der Waals surface area contributed by atoms with Crippen molar-refractivity contribution in [2.75, 3.05) is 5.32 Å². The number of nitrogens with one attached hydrogen (secondary N) is 1. The summed E-state index contributed by atoms with van der Waals surface area (Å²) in [4.78, 5) is 24.4. The molecule has 0 saturated carbocycles. The van der Waals surface area contributed by atoms with Gasteiger partial charge in [-0.3, -0.25) is 4.79 Å². The third-order valence-corrected chi connectivity index (χ3v) is 5.47. The predicted molar refractivity (Wildman–Crippen MR) is 122 cm³/mol. The number of carbonyl (C=O) groups is 2. The summed E-state index contributed by atoms with van der Waals surface area (Å²) in [5.41, 5.74) is 2.58. The van der Waals surface area contributed by atoms with Crippen molar-refractivity contribution in [3.8, 4) is 5.75 Å². The zero-order chi connectivity index (χ0) is 22.2. The van der Waals surface area contributed by atoms with Gasteiger partial charge in [-0.05, 0) is 51.9 Å². The molecule has 31 heavy (non-hydrogen) atoms. The van der Waals surface area contributed by atoms with Crippen LogP contribution in [0.3, 0.4) is 0 Å². The van der Waals surface area contributed by atoms with E-state index in [9.17, 15) is 14.7 Å². The number of phenols is 1. The summed E-state index contributed by atoms with van der Waals surface area (Å²) in [6.45, 7) is 4.32. The SMILES string of the molecule is CC1(C)C=CC=C(c2c(C(=O)Nc3ccc(C(=O)O)c(O)c3)ccc3ccccc23)C1. The van der Waals surface area contributed by atoms with E-state index in [4.69, 9.17) is 5.11 Å². The van der Waals surface area contributed by atoms with Crippen LogP contribution in [0.15, 0.2) is 72.8 Å². The number of aromatic hydroxyl groups is 1. The van der Waals surface area contributed by atoms with Crippen molar-refractivity contribution in [1.82, 2.24) is 0 Å². The molecule has 0 aliphatic heterocycles. The van der Waals surface area contributed by atoms with E-state index in [2.05, 4.69) is 31.3 Å². The van der Waals surface area contributed by atoms with Gasteiger partial charge in [0.05, 0.1) is 0 Å². The monoisotopic (exact) mass is 413 g/mol. The Hall–Kier alpha value is -3.86. The van der Waals surface area contributed by atoms with E-state index in [0.717, 1.165) is 28.3 Å². The Balaban J connectivity index is 1.78. The first-order valence-electron chi connectivity index (χ1n) is 10.0. The average molecular weight is 413 g/mol. The van der Waals surface area contributed by atoms with Gasteiger partial charge in [0, 0.05) is 17.3 Å². The van der Waals surface area contributed by atoms with E-state index in [1.807, 2.05) is 42.5 Å². The van der Waals surface area contributed by atoms with Crippen molar-refractivity contribution >= 4 is 33.9 Å². The highest BCUT2D eigenvalue weighted by molar-refractivity contribution is 6.12. The molecule has 0 unspecified atom stereocenters. The number of carboxylic acid groups (broad SMARTS) is 1. The van der Waals surface area contributed by atoms with Gasteiger partial charge < -0.3 is 15.5 Å². The number of fused-ring (bicyclic) bond motifs is 1. The van der Waals surface area contributed by atoms with Crippen LogP contribution in [0.25, 0.3) is 16.3 Å². The maximum atomic E-state index is 13.3. The van der Waals surface area contributed by atoms with Crippen LogP contribution >= 0.6 is 0 Å². The lowest BCUT2D eigenvalue weighted by molar-refractivity contribution is 0.0693. The fourth-order valence-electron chi connectivity index (χ4n) is 4.00. The average Bonchev–Trinajstić information content (AvgIpc) is 2.72. The largest absolute Gasteiger partial charge is 0.507 e. The van der Waals surface area contributed by atoms with Crippen LogP contribution in [0.4, 0.5) is 5.69 Å². The molecule has 3 aromatic rings. The van der Waals surface area contributed by atoms with E-state index in [1.54, 1.807) is 0 Å². The highest BCUT2D eigenvalue weighted by Crippen LogP contribution is 2.39. The van der Waals surface area contributed by atoms with Gasteiger partial charge in [0.1, 0.15) is 11.3 Å². The molecule has 1 amide bonds. The Morgan fingerprint density at radius 2 is 1.74 bits per heavy atom. The minimum atomic E-state index is -1.23. The molecule has 0 spiro atoms.